The Morgan fingerprint density at radius 1 is 1.14 bits per heavy atom. The molecule has 2 amide bonds. The van der Waals surface area contributed by atoms with Crippen molar-refractivity contribution < 1.29 is 23.5 Å². The van der Waals surface area contributed by atoms with E-state index in [1.54, 1.807) is 42.7 Å². The molecule has 0 spiro atoms. The van der Waals surface area contributed by atoms with E-state index >= 15 is 0 Å². The van der Waals surface area contributed by atoms with Crippen LogP contribution in [0.4, 0.5) is 5.69 Å². The Morgan fingerprint density at radius 2 is 1.97 bits per heavy atom. The summed E-state index contributed by atoms with van der Waals surface area (Å²) < 4.78 is 16.8. The summed E-state index contributed by atoms with van der Waals surface area (Å²) in [4.78, 5) is 26.6. The summed E-state index contributed by atoms with van der Waals surface area (Å²) in [6.45, 7) is 4.25. The molecule has 3 aromatic rings. The van der Waals surface area contributed by atoms with Crippen LogP contribution in [0.5, 0.6) is 11.5 Å². The van der Waals surface area contributed by atoms with Crippen LogP contribution in [0.3, 0.4) is 0 Å². The van der Waals surface area contributed by atoms with Gasteiger partial charge < -0.3 is 24.5 Å². The third-order valence-corrected chi connectivity index (χ3v) is 5.54. The van der Waals surface area contributed by atoms with Gasteiger partial charge in [-0.1, -0.05) is 24.3 Å². The summed E-state index contributed by atoms with van der Waals surface area (Å²) in [5.74, 6) is 0.993. The first-order chi connectivity index (χ1) is 16.9. The van der Waals surface area contributed by atoms with E-state index in [1.807, 2.05) is 38.1 Å². The molecule has 2 aromatic carbocycles. The Labute approximate surface area is 208 Å². The Bertz CT molecular complexity index is 1270. The van der Waals surface area contributed by atoms with Gasteiger partial charge in [0.25, 0.3) is 11.8 Å². The second-order valence-corrected chi connectivity index (χ2v) is 8.14. The number of para-hydroxylation sites is 1. The van der Waals surface area contributed by atoms with Crippen LogP contribution in [-0.4, -0.2) is 35.0 Å². The van der Waals surface area contributed by atoms with Crippen LogP contribution in [0.2, 0.25) is 0 Å². The predicted molar refractivity (Wildman–Crippen MR) is 136 cm³/mol. The zero-order chi connectivity index (χ0) is 24.8. The summed E-state index contributed by atoms with van der Waals surface area (Å²) in [5, 5.41) is 6.10. The predicted octanol–water partition coefficient (Wildman–Crippen LogP) is 4.26. The van der Waals surface area contributed by atoms with Gasteiger partial charge in [0.05, 0.1) is 19.4 Å². The zero-order valence-electron chi connectivity index (χ0n) is 19.4. The molecule has 0 saturated carbocycles. The Morgan fingerprint density at radius 3 is 2.71 bits per heavy atom. The number of carbonyl (C=O) groups is 2. The molecule has 0 aliphatic carbocycles. The lowest BCUT2D eigenvalue weighted by atomic mass is 10.1. The van der Waals surface area contributed by atoms with Crippen molar-refractivity contribution in [3.05, 3.63) is 83.4 Å². The lowest BCUT2D eigenvalue weighted by molar-refractivity contribution is -0.123. The maximum Gasteiger partial charge on any atom is 0.276 e. The maximum absolute atomic E-state index is 12.8. The van der Waals surface area contributed by atoms with Crippen molar-refractivity contribution in [2.75, 3.05) is 18.5 Å². The molecule has 9 heteroatoms. The van der Waals surface area contributed by atoms with Gasteiger partial charge in [-0.25, -0.2) is 0 Å². The van der Waals surface area contributed by atoms with Crippen LogP contribution < -0.4 is 20.1 Å². The van der Waals surface area contributed by atoms with Crippen molar-refractivity contribution in [1.82, 2.24) is 10.2 Å². The summed E-state index contributed by atoms with van der Waals surface area (Å²) in [6, 6.07) is 16.3. The second-order valence-electron chi connectivity index (χ2n) is 7.75. The third kappa shape index (κ3) is 5.88. The normalized spacial score (nSPS) is 14.2. The highest BCUT2D eigenvalue weighted by Crippen LogP contribution is 2.30. The maximum atomic E-state index is 12.8. The third-order valence-electron chi connectivity index (χ3n) is 5.21. The highest BCUT2D eigenvalue weighted by atomic mass is 32.1. The Balaban J connectivity index is 1.44. The van der Waals surface area contributed by atoms with Crippen LogP contribution in [0.25, 0.3) is 6.08 Å². The SMILES string of the molecule is CCOc1cc(/C=C2/NC(=S)N(Cc3ccco3)C2=O)ccc1OCC(=O)Nc1ccccc1C. The van der Waals surface area contributed by atoms with E-state index in [0.717, 1.165) is 11.3 Å². The van der Waals surface area contributed by atoms with Crippen LogP contribution in [0.15, 0.2) is 71.0 Å². The van der Waals surface area contributed by atoms with E-state index in [2.05, 4.69) is 10.6 Å². The number of amides is 2. The molecule has 0 radical (unpaired) electrons. The van der Waals surface area contributed by atoms with E-state index in [9.17, 15) is 9.59 Å². The van der Waals surface area contributed by atoms with Gasteiger partial charge in [0.15, 0.2) is 23.2 Å². The van der Waals surface area contributed by atoms with Gasteiger partial charge in [-0.15, -0.1) is 0 Å². The molecule has 1 aromatic heterocycles. The topological polar surface area (TPSA) is 93.0 Å². The minimum atomic E-state index is -0.279. The van der Waals surface area contributed by atoms with Crippen LogP contribution in [0.1, 0.15) is 23.8 Å². The summed E-state index contributed by atoms with van der Waals surface area (Å²) in [5.41, 5.74) is 2.75. The average molecular weight is 492 g/mol. The van der Waals surface area contributed by atoms with Crippen molar-refractivity contribution in [1.29, 1.82) is 0 Å². The first-order valence-corrected chi connectivity index (χ1v) is 11.5. The number of furan rings is 1. The van der Waals surface area contributed by atoms with Gasteiger partial charge in [0.2, 0.25) is 0 Å². The van der Waals surface area contributed by atoms with Gasteiger partial charge in [0.1, 0.15) is 11.5 Å². The number of nitrogens with zero attached hydrogens (tertiary/aromatic N) is 1. The smallest absolute Gasteiger partial charge is 0.276 e. The molecule has 1 aliphatic rings. The summed E-state index contributed by atoms with van der Waals surface area (Å²) >= 11 is 5.31. The molecule has 0 atom stereocenters. The van der Waals surface area contributed by atoms with Crippen molar-refractivity contribution in [2.24, 2.45) is 0 Å². The van der Waals surface area contributed by atoms with Gasteiger partial charge in [-0.05, 0) is 73.6 Å². The average Bonchev–Trinajstić information content (AvgIpc) is 3.44. The number of anilines is 1. The fourth-order valence-corrected chi connectivity index (χ4v) is 3.74. The van der Waals surface area contributed by atoms with Crippen LogP contribution in [-0.2, 0) is 16.1 Å². The molecule has 180 valence electrons. The number of carbonyl (C=O) groups excluding carboxylic acids is 2. The quantitative estimate of drug-likeness (QED) is 0.341. The first-order valence-electron chi connectivity index (χ1n) is 11.1. The first kappa shape index (κ1) is 24.0. The molecule has 4 rings (SSSR count). The van der Waals surface area contributed by atoms with Crippen molar-refractivity contribution in [3.63, 3.8) is 0 Å². The highest BCUT2D eigenvalue weighted by Gasteiger charge is 2.31. The highest BCUT2D eigenvalue weighted by molar-refractivity contribution is 7.80. The molecule has 2 heterocycles. The molecule has 1 saturated heterocycles. The number of benzene rings is 2. The Kier molecular flexibility index (Phi) is 7.47. The molecule has 8 nitrogen and oxygen atoms in total. The number of hydrogen-bond donors (Lipinski definition) is 2. The molecule has 35 heavy (non-hydrogen) atoms. The molecule has 1 fully saturated rings. The van der Waals surface area contributed by atoms with E-state index < -0.39 is 0 Å². The van der Waals surface area contributed by atoms with E-state index in [-0.39, 0.29) is 25.0 Å². The molecule has 0 bridgehead atoms. The molecule has 1 aliphatic heterocycles. The molecule has 0 unspecified atom stereocenters. The van der Waals surface area contributed by atoms with Crippen molar-refractivity contribution in [3.8, 4) is 11.5 Å². The number of hydrogen-bond acceptors (Lipinski definition) is 6. The molecular formula is C26H25N3O5S. The Hall–Kier alpha value is -4.11. The summed E-state index contributed by atoms with van der Waals surface area (Å²) in [6.07, 6.45) is 3.24. The minimum absolute atomic E-state index is 0.176. The van der Waals surface area contributed by atoms with Gasteiger partial charge in [-0.3, -0.25) is 14.5 Å². The number of rotatable bonds is 9. The zero-order valence-corrected chi connectivity index (χ0v) is 20.2. The fourth-order valence-electron chi connectivity index (χ4n) is 3.48. The van der Waals surface area contributed by atoms with Crippen LogP contribution in [0, 0.1) is 6.92 Å². The van der Waals surface area contributed by atoms with Crippen molar-refractivity contribution >= 4 is 40.9 Å². The van der Waals surface area contributed by atoms with E-state index in [4.69, 9.17) is 26.1 Å². The van der Waals surface area contributed by atoms with Crippen molar-refractivity contribution in [2.45, 2.75) is 20.4 Å². The number of nitrogens with one attached hydrogen (secondary N) is 2. The number of aryl methyl sites for hydroxylation is 1. The number of thiocarbonyl (C=S) groups is 1. The fraction of sp³-hybridized carbons (Fsp3) is 0.192. The van der Waals surface area contributed by atoms with Gasteiger partial charge in [0, 0.05) is 5.69 Å². The van der Waals surface area contributed by atoms with Gasteiger partial charge >= 0.3 is 0 Å². The monoisotopic (exact) mass is 491 g/mol. The van der Waals surface area contributed by atoms with Gasteiger partial charge in [-0.2, -0.15) is 0 Å². The molecule has 2 N–H and O–H groups in total. The van der Waals surface area contributed by atoms with E-state index in [0.29, 0.717) is 40.2 Å². The number of ether oxygens (including phenoxy) is 2. The standard InChI is InChI=1S/C26H25N3O5S/c1-3-32-23-14-18(13-21-25(31)29(26(35)28-21)15-19-8-6-12-33-19)10-11-22(23)34-16-24(30)27-20-9-5-4-7-17(20)2/h4-14H,3,15-16H2,1-2H3,(H,27,30)(H,28,35)/b21-13+. The van der Waals surface area contributed by atoms with E-state index in [1.165, 1.54) is 4.90 Å². The van der Waals surface area contributed by atoms with Crippen LogP contribution >= 0.6 is 12.2 Å². The summed E-state index contributed by atoms with van der Waals surface area (Å²) in [7, 11) is 0. The minimum Gasteiger partial charge on any atom is -0.490 e. The molecular weight excluding hydrogens is 466 g/mol. The lowest BCUT2D eigenvalue weighted by Crippen LogP contribution is -2.29. The lowest BCUT2D eigenvalue weighted by Gasteiger charge is -2.13. The second kappa shape index (κ2) is 10.9. The largest absolute Gasteiger partial charge is 0.490 e.